The Bertz CT molecular complexity index is 928. The molecule has 2 fully saturated rings. The fraction of sp³-hybridized carbons (Fsp3) is 0.586. The van der Waals surface area contributed by atoms with E-state index in [2.05, 4.69) is 50.2 Å². The number of methoxy groups -OCH3 is 1. The second-order valence-corrected chi connectivity index (χ2v) is 11.1. The van der Waals surface area contributed by atoms with Gasteiger partial charge in [-0.1, -0.05) is 53.4 Å². The third-order valence-corrected chi connectivity index (χ3v) is 8.87. The molecule has 1 N–H and O–H groups in total. The van der Waals surface area contributed by atoms with E-state index in [0.717, 1.165) is 61.5 Å². The molecule has 1 saturated heterocycles. The zero-order valence-corrected chi connectivity index (χ0v) is 22.9. The molecule has 0 radical (unpaired) electrons. The minimum Gasteiger partial charge on any atom is -0.497 e. The molecule has 1 aliphatic carbocycles. The number of benzene rings is 2. The Morgan fingerprint density at radius 1 is 1.03 bits per heavy atom. The van der Waals surface area contributed by atoms with Gasteiger partial charge in [0.1, 0.15) is 11.6 Å². The SMILES string of the molecule is CNC(C1CCCCC1)C(CCN1CCN(Cc2cc(OC)ccc2Br)CC1)c1ccccc1F. The van der Waals surface area contributed by atoms with E-state index in [1.165, 1.54) is 37.7 Å². The van der Waals surface area contributed by atoms with E-state index >= 15 is 0 Å². The van der Waals surface area contributed by atoms with Crippen molar-refractivity contribution in [1.82, 2.24) is 15.1 Å². The van der Waals surface area contributed by atoms with Crippen LogP contribution in [0.15, 0.2) is 46.9 Å². The molecular formula is C29H41BrFN3O. The minimum absolute atomic E-state index is 0.0535. The topological polar surface area (TPSA) is 27.7 Å². The number of nitrogens with one attached hydrogen (secondary N) is 1. The molecule has 35 heavy (non-hydrogen) atoms. The van der Waals surface area contributed by atoms with Gasteiger partial charge >= 0.3 is 0 Å². The molecule has 4 nitrogen and oxygen atoms in total. The summed E-state index contributed by atoms with van der Waals surface area (Å²) >= 11 is 3.69. The fourth-order valence-corrected chi connectivity index (χ4v) is 6.47. The molecule has 0 aromatic heterocycles. The smallest absolute Gasteiger partial charge is 0.126 e. The molecule has 2 atom stereocenters. The van der Waals surface area contributed by atoms with E-state index in [1.807, 2.05) is 24.3 Å². The van der Waals surface area contributed by atoms with Gasteiger partial charge in [0, 0.05) is 49.2 Å². The molecule has 2 aromatic carbocycles. The third kappa shape index (κ3) is 7.06. The number of nitrogens with zero attached hydrogens (tertiary/aromatic N) is 2. The summed E-state index contributed by atoms with van der Waals surface area (Å²) in [6.07, 6.45) is 7.46. The summed E-state index contributed by atoms with van der Waals surface area (Å²) in [6, 6.07) is 14.0. The monoisotopic (exact) mass is 545 g/mol. The highest BCUT2D eigenvalue weighted by molar-refractivity contribution is 9.10. The van der Waals surface area contributed by atoms with E-state index in [9.17, 15) is 4.39 Å². The summed E-state index contributed by atoms with van der Waals surface area (Å²) in [5, 5.41) is 3.63. The number of ether oxygens (including phenoxy) is 1. The summed E-state index contributed by atoms with van der Waals surface area (Å²) < 4.78 is 21.5. The Morgan fingerprint density at radius 3 is 2.43 bits per heavy atom. The Kier molecular flexibility index (Phi) is 10.0. The Morgan fingerprint density at radius 2 is 1.74 bits per heavy atom. The molecular weight excluding hydrogens is 505 g/mol. The van der Waals surface area contributed by atoms with Crippen molar-refractivity contribution in [2.24, 2.45) is 5.92 Å². The zero-order chi connectivity index (χ0) is 24.6. The van der Waals surface area contributed by atoms with Crippen molar-refractivity contribution in [3.05, 3.63) is 63.9 Å². The lowest BCUT2D eigenvalue weighted by Gasteiger charge is -2.39. The van der Waals surface area contributed by atoms with Gasteiger partial charge in [-0.15, -0.1) is 0 Å². The third-order valence-electron chi connectivity index (χ3n) is 8.10. The molecule has 0 amide bonds. The minimum atomic E-state index is -0.0535. The van der Waals surface area contributed by atoms with Crippen molar-refractivity contribution in [1.29, 1.82) is 0 Å². The first-order valence-electron chi connectivity index (χ1n) is 13.3. The van der Waals surface area contributed by atoms with E-state index in [4.69, 9.17) is 4.74 Å². The van der Waals surface area contributed by atoms with Crippen LogP contribution in [-0.4, -0.2) is 62.7 Å². The van der Waals surface area contributed by atoms with Crippen LogP contribution in [0.1, 0.15) is 55.6 Å². The van der Waals surface area contributed by atoms with Gasteiger partial charge in [0.05, 0.1) is 7.11 Å². The molecule has 1 saturated carbocycles. The maximum atomic E-state index is 15.0. The lowest BCUT2D eigenvalue weighted by molar-refractivity contribution is 0.120. The molecule has 2 aliphatic rings. The maximum absolute atomic E-state index is 15.0. The van der Waals surface area contributed by atoms with Gasteiger partial charge < -0.3 is 15.0 Å². The zero-order valence-electron chi connectivity index (χ0n) is 21.3. The van der Waals surface area contributed by atoms with Gasteiger partial charge in [-0.3, -0.25) is 4.90 Å². The molecule has 2 aromatic rings. The van der Waals surface area contributed by atoms with Crippen LogP contribution < -0.4 is 10.1 Å². The van der Waals surface area contributed by atoms with Crippen LogP contribution >= 0.6 is 15.9 Å². The molecule has 2 unspecified atom stereocenters. The number of halogens is 2. The number of hydrogen-bond donors (Lipinski definition) is 1. The van der Waals surface area contributed by atoms with Crippen molar-refractivity contribution >= 4 is 15.9 Å². The van der Waals surface area contributed by atoms with E-state index in [-0.39, 0.29) is 11.7 Å². The van der Waals surface area contributed by atoms with Crippen molar-refractivity contribution in [3.8, 4) is 5.75 Å². The first-order valence-corrected chi connectivity index (χ1v) is 14.1. The highest BCUT2D eigenvalue weighted by Crippen LogP contribution is 2.36. The highest BCUT2D eigenvalue weighted by Gasteiger charge is 2.32. The average Bonchev–Trinajstić information content (AvgIpc) is 2.90. The van der Waals surface area contributed by atoms with Gasteiger partial charge in [-0.2, -0.15) is 0 Å². The normalized spacial score (nSPS) is 20.0. The van der Waals surface area contributed by atoms with Gasteiger partial charge in [0.15, 0.2) is 0 Å². The van der Waals surface area contributed by atoms with Gasteiger partial charge in [-0.25, -0.2) is 4.39 Å². The maximum Gasteiger partial charge on any atom is 0.126 e. The molecule has 0 spiro atoms. The first-order chi connectivity index (χ1) is 17.1. The Balaban J connectivity index is 1.36. The van der Waals surface area contributed by atoms with Crippen LogP contribution in [0, 0.1) is 11.7 Å². The van der Waals surface area contributed by atoms with Crippen LogP contribution in [0.5, 0.6) is 5.75 Å². The quantitative estimate of drug-likeness (QED) is 0.392. The lowest BCUT2D eigenvalue weighted by atomic mass is 9.75. The van der Waals surface area contributed by atoms with E-state index in [0.29, 0.717) is 12.0 Å². The second kappa shape index (κ2) is 13.2. The Hall–Kier alpha value is -1.47. The highest BCUT2D eigenvalue weighted by atomic mass is 79.9. The molecule has 4 rings (SSSR count). The number of rotatable bonds is 10. The van der Waals surface area contributed by atoms with Gasteiger partial charge in [0.2, 0.25) is 0 Å². The largest absolute Gasteiger partial charge is 0.497 e. The summed E-state index contributed by atoms with van der Waals surface area (Å²) in [6.45, 7) is 6.14. The number of hydrogen-bond acceptors (Lipinski definition) is 4. The van der Waals surface area contributed by atoms with Crippen LogP contribution in [0.2, 0.25) is 0 Å². The van der Waals surface area contributed by atoms with Crippen LogP contribution in [0.4, 0.5) is 4.39 Å². The molecule has 1 heterocycles. The van der Waals surface area contributed by atoms with Crippen molar-refractivity contribution in [2.45, 2.75) is 57.0 Å². The van der Waals surface area contributed by atoms with Crippen LogP contribution in [0.3, 0.4) is 0 Å². The van der Waals surface area contributed by atoms with Gasteiger partial charge in [0.25, 0.3) is 0 Å². The summed E-state index contributed by atoms with van der Waals surface area (Å²) in [7, 11) is 3.79. The number of piperazine rings is 1. The summed E-state index contributed by atoms with van der Waals surface area (Å²) in [4.78, 5) is 5.08. The summed E-state index contributed by atoms with van der Waals surface area (Å²) in [5.74, 6) is 1.69. The van der Waals surface area contributed by atoms with Crippen molar-refractivity contribution in [2.75, 3.05) is 46.9 Å². The first kappa shape index (κ1) is 26.6. The van der Waals surface area contributed by atoms with Crippen LogP contribution in [0.25, 0.3) is 0 Å². The van der Waals surface area contributed by atoms with Crippen LogP contribution in [-0.2, 0) is 6.54 Å². The summed E-state index contributed by atoms with van der Waals surface area (Å²) in [5.41, 5.74) is 2.15. The Labute approximate surface area is 219 Å². The van der Waals surface area contributed by atoms with E-state index < -0.39 is 0 Å². The number of likely N-dealkylation sites (N-methyl/N-ethyl adjacent to an activating group) is 1. The molecule has 192 valence electrons. The predicted molar refractivity (Wildman–Crippen MR) is 146 cm³/mol. The van der Waals surface area contributed by atoms with Crippen molar-refractivity contribution in [3.63, 3.8) is 0 Å². The second-order valence-electron chi connectivity index (χ2n) is 10.2. The lowest BCUT2D eigenvalue weighted by Crippen LogP contribution is -2.47. The van der Waals surface area contributed by atoms with E-state index in [1.54, 1.807) is 13.2 Å². The van der Waals surface area contributed by atoms with Crippen molar-refractivity contribution < 1.29 is 9.13 Å². The fourth-order valence-electron chi connectivity index (χ4n) is 6.10. The molecule has 6 heteroatoms. The van der Waals surface area contributed by atoms with Gasteiger partial charge in [-0.05, 0) is 74.2 Å². The predicted octanol–water partition coefficient (Wildman–Crippen LogP) is 6.06. The average molecular weight is 547 g/mol. The molecule has 0 bridgehead atoms. The molecule has 1 aliphatic heterocycles. The standard InChI is InChI=1S/C29H41BrFN3O/c1-32-29(22-8-4-3-5-9-22)26(25-10-6-7-11-28(25)31)14-15-33-16-18-34(19-17-33)21-23-20-24(35-2)12-13-27(23)30/h6-7,10-13,20,22,26,29,32H,3-5,8-9,14-19,21H2,1-2H3.